The first-order valence-electron chi connectivity index (χ1n) is 9.03. The van der Waals surface area contributed by atoms with Crippen LogP contribution < -0.4 is 0 Å². The van der Waals surface area contributed by atoms with Crippen LogP contribution in [0.4, 0.5) is 13.2 Å². The molecule has 1 atom stereocenters. The van der Waals surface area contributed by atoms with Gasteiger partial charge in [0.15, 0.2) is 5.60 Å². The van der Waals surface area contributed by atoms with Crippen molar-refractivity contribution in [3.63, 3.8) is 0 Å². The van der Waals surface area contributed by atoms with E-state index in [0.717, 1.165) is 9.54 Å². The third kappa shape index (κ3) is 2.87. The molecule has 0 N–H and O–H groups in total. The number of hydrogen-bond donors (Lipinski definition) is 0. The highest BCUT2D eigenvalue weighted by molar-refractivity contribution is 7.90. The van der Waals surface area contributed by atoms with Crippen molar-refractivity contribution >= 4 is 10.0 Å². The summed E-state index contributed by atoms with van der Waals surface area (Å²) in [5.74, 6) is 0. The number of ether oxygens (including phenoxy) is 1. The highest BCUT2D eigenvalue weighted by Gasteiger charge is 2.57. The van der Waals surface area contributed by atoms with Gasteiger partial charge in [-0.2, -0.15) is 13.2 Å². The van der Waals surface area contributed by atoms with Gasteiger partial charge in [-0.1, -0.05) is 17.7 Å². The Morgan fingerprint density at radius 3 is 2.52 bits per heavy atom. The molecule has 1 aliphatic carbocycles. The van der Waals surface area contributed by atoms with Crippen molar-refractivity contribution in [1.29, 1.82) is 0 Å². The minimum Gasteiger partial charge on any atom is -0.368 e. The molecule has 1 aromatic carbocycles. The van der Waals surface area contributed by atoms with E-state index in [-0.39, 0.29) is 17.0 Å². The van der Waals surface area contributed by atoms with Crippen molar-refractivity contribution in [3.8, 4) is 0 Å². The van der Waals surface area contributed by atoms with E-state index >= 15 is 0 Å². The van der Waals surface area contributed by atoms with E-state index < -0.39 is 41.7 Å². The van der Waals surface area contributed by atoms with Crippen LogP contribution in [0.3, 0.4) is 0 Å². The molecule has 1 aliphatic rings. The van der Waals surface area contributed by atoms with Gasteiger partial charge in [0.1, 0.15) is 0 Å². The van der Waals surface area contributed by atoms with Gasteiger partial charge in [-0.05, 0) is 43.5 Å². The van der Waals surface area contributed by atoms with Crippen LogP contribution in [0.25, 0.3) is 0 Å². The number of rotatable bonds is 3. The van der Waals surface area contributed by atoms with E-state index in [1.165, 1.54) is 24.4 Å². The van der Waals surface area contributed by atoms with Crippen molar-refractivity contribution in [3.05, 3.63) is 53.3 Å². The molecule has 0 aliphatic heterocycles. The molecule has 0 unspecified atom stereocenters. The lowest BCUT2D eigenvalue weighted by atomic mass is 9.83. The third-order valence-corrected chi connectivity index (χ3v) is 6.32. The number of alkyl halides is 3. The molecule has 0 saturated heterocycles. The van der Waals surface area contributed by atoms with E-state index in [9.17, 15) is 21.6 Å². The standard InChI is InChI=1S/C17H18F3NO3S/c1-12-3-5-14(6-4-12)25(22,23)21-10-8-13-7-9-16(24-2,11-15(13)21)17(18,19)20/h3-6,8,10H,7,9,11H2,1-2H3/t16-/m1/s1/i2D3. The highest BCUT2D eigenvalue weighted by Crippen LogP contribution is 2.43. The summed E-state index contributed by atoms with van der Waals surface area (Å²) in [5.41, 5.74) is -1.85. The van der Waals surface area contributed by atoms with Gasteiger partial charge in [0.25, 0.3) is 10.0 Å². The van der Waals surface area contributed by atoms with Gasteiger partial charge >= 0.3 is 6.18 Å². The smallest absolute Gasteiger partial charge is 0.368 e. The summed E-state index contributed by atoms with van der Waals surface area (Å²) in [6.07, 6.45) is -5.44. The van der Waals surface area contributed by atoms with Crippen LogP contribution >= 0.6 is 0 Å². The zero-order valence-corrected chi connectivity index (χ0v) is 14.1. The first-order valence-corrected chi connectivity index (χ1v) is 8.97. The lowest BCUT2D eigenvalue weighted by molar-refractivity contribution is -0.273. The maximum Gasteiger partial charge on any atom is 0.417 e. The summed E-state index contributed by atoms with van der Waals surface area (Å²) in [6.45, 7) is 1.78. The summed E-state index contributed by atoms with van der Waals surface area (Å²) in [5, 5.41) is 0. The Balaban J connectivity index is 2.09. The average Bonchev–Trinajstić information content (AvgIpc) is 2.96. The number of benzene rings is 1. The number of aryl methyl sites for hydroxylation is 2. The summed E-state index contributed by atoms with van der Waals surface area (Å²) in [4.78, 5) is -0.0728. The molecular weight excluding hydrogens is 355 g/mol. The summed E-state index contributed by atoms with van der Waals surface area (Å²) in [7, 11) is -7.42. The second kappa shape index (κ2) is 5.88. The van der Waals surface area contributed by atoms with E-state index in [1.807, 2.05) is 0 Å². The maximum atomic E-state index is 13.8. The Kier molecular flexibility index (Phi) is 3.38. The minimum atomic E-state index is -4.98. The molecular formula is C17H18F3NO3S. The Morgan fingerprint density at radius 2 is 1.92 bits per heavy atom. The number of fused-ring (bicyclic) bond motifs is 1. The topological polar surface area (TPSA) is 48.3 Å². The molecule has 0 radical (unpaired) electrons. The lowest BCUT2D eigenvalue weighted by Crippen LogP contribution is -2.51. The molecule has 8 heteroatoms. The molecule has 4 nitrogen and oxygen atoms in total. The van der Waals surface area contributed by atoms with Crippen molar-refractivity contribution < 1.29 is 30.4 Å². The van der Waals surface area contributed by atoms with Gasteiger partial charge in [-0.15, -0.1) is 0 Å². The minimum absolute atomic E-state index is 0.0728. The van der Waals surface area contributed by atoms with E-state index in [0.29, 0.717) is 5.56 Å². The monoisotopic (exact) mass is 376 g/mol. The molecule has 0 bridgehead atoms. The average molecular weight is 376 g/mol. The number of hydrogen-bond acceptors (Lipinski definition) is 3. The fourth-order valence-electron chi connectivity index (χ4n) is 3.04. The van der Waals surface area contributed by atoms with E-state index in [4.69, 9.17) is 4.11 Å². The van der Waals surface area contributed by atoms with E-state index in [1.54, 1.807) is 19.1 Å². The van der Waals surface area contributed by atoms with Gasteiger partial charge in [0.2, 0.25) is 0 Å². The van der Waals surface area contributed by atoms with Gasteiger partial charge in [-0.25, -0.2) is 12.4 Å². The quantitative estimate of drug-likeness (QED) is 0.824. The highest BCUT2D eigenvalue weighted by atomic mass is 32.2. The van der Waals surface area contributed by atoms with Gasteiger partial charge in [0, 0.05) is 25.3 Å². The molecule has 3 rings (SSSR count). The van der Waals surface area contributed by atoms with Crippen LogP contribution in [-0.2, 0) is 27.6 Å². The first kappa shape index (κ1) is 14.4. The van der Waals surface area contributed by atoms with Gasteiger partial charge in [0.05, 0.1) is 9.01 Å². The second-order valence-electron chi connectivity index (χ2n) is 6.17. The van der Waals surface area contributed by atoms with Crippen LogP contribution in [0, 0.1) is 6.92 Å². The van der Waals surface area contributed by atoms with Gasteiger partial charge in [-0.3, -0.25) is 0 Å². The number of nitrogens with zero attached hydrogens (tertiary/aromatic N) is 1. The lowest BCUT2D eigenvalue weighted by Gasteiger charge is -2.37. The number of halogens is 3. The van der Waals surface area contributed by atoms with Crippen LogP contribution in [0.15, 0.2) is 41.4 Å². The molecule has 1 heterocycles. The predicted molar refractivity (Wildman–Crippen MR) is 86.0 cm³/mol. The van der Waals surface area contributed by atoms with E-state index in [2.05, 4.69) is 4.74 Å². The molecule has 0 saturated carbocycles. The Hall–Kier alpha value is -1.80. The molecule has 2 aromatic rings. The van der Waals surface area contributed by atoms with Crippen molar-refractivity contribution in [2.24, 2.45) is 0 Å². The maximum absolute atomic E-state index is 13.8. The zero-order chi connectivity index (χ0) is 21.0. The molecule has 136 valence electrons. The molecule has 0 spiro atoms. The van der Waals surface area contributed by atoms with Crippen LogP contribution in [0.5, 0.6) is 0 Å². The van der Waals surface area contributed by atoms with Crippen molar-refractivity contribution in [1.82, 2.24) is 3.97 Å². The Bertz CT molecular complexity index is 982. The first-order chi connectivity index (χ1) is 12.8. The summed E-state index contributed by atoms with van der Waals surface area (Å²) in [6, 6.07) is 7.35. The van der Waals surface area contributed by atoms with Gasteiger partial charge < -0.3 is 4.74 Å². The number of aromatic nitrogens is 1. The van der Waals surface area contributed by atoms with Crippen LogP contribution in [0.2, 0.25) is 0 Å². The largest absolute Gasteiger partial charge is 0.417 e. The zero-order valence-electron chi connectivity index (χ0n) is 16.3. The number of methoxy groups -OCH3 is 1. The van der Waals surface area contributed by atoms with Crippen molar-refractivity contribution in [2.45, 2.75) is 42.9 Å². The SMILES string of the molecule is [2H]C([2H])([2H])O[C@]1(C(F)(F)F)CCc2ccn(S(=O)(=O)c3ccc(C)cc3)c2C1. The Labute approximate surface area is 148 Å². The van der Waals surface area contributed by atoms with Crippen molar-refractivity contribution in [2.75, 3.05) is 7.04 Å². The summed E-state index contributed by atoms with van der Waals surface area (Å²) >= 11 is 0. The Morgan fingerprint density at radius 1 is 1.24 bits per heavy atom. The molecule has 25 heavy (non-hydrogen) atoms. The fourth-order valence-corrected chi connectivity index (χ4v) is 4.44. The fraction of sp³-hybridized carbons (Fsp3) is 0.412. The third-order valence-electron chi connectivity index (χ3n) is 4.59. The van der Waals surface area contributed by atoms with Crippen LogP contribution in [-0.4, -0.2) is 31.2 Å². The molecule has 1 aromatic heterocycles. The predicted octanol–water partition coefficient (Wildman–Crippen LogP) is 3.47. The second-order valence-corrected chi connectivity index (χ2v) is 7.99. The summed E-state index contributed by atoms with van der Waals surface area (Å²) < 4.78 is 94.0. The molecule has 0 amide bonds. The van der Waals surface area contributed by atoms with Crippen LogP contribution in [0.1, 0.15) is 27.4 Å². The molecule has 0 fully saturated rings. The normalized spacial score (nSPS) is 23.4.